The van der Waals surface area contributed by atoms with Crippen LogP contribution in [-0.2, 0) is 25.6 Å². The van der Waals surface area contributed by atoms with Crippen molar-refractivity contribution in [2.45, 2.75) is 63.6 Å². The van der Waals surface area contributed by atoms with Crippen LogP contribution in [0.3, 0.4) is 0 Å². The first kappa shape index (κ1) is 24.5. The van der Waals surface area contributed by atoms with Crippen LogP contribution in [0.2, 0.25) is 0 Å². The summed E-state index contributed by atoms with van der Waals surface area (Å²) in [5.41, 5.74) is 0. The van der Waals surface area contributed by atoms with Gasteiger partial charge in [-0.3, -0.25) is 9.69 Å². The normalized spacial score (nSPS) is 25.9. The summed E-state index contributed by atoms with van der Waals surface area (Å²) in [4.78, 5) is 25.5. The Balaban J connectivity index is 0.000000360. The molecule has 1 aromatic rings. The van der Waals surface area contributed by atoms with Crippen molar-refractivity contribution >= 4 is 11.9 Å². The number of hydrogen-bond acceptors (Lipinski definition) is 6. The van der Waals surface area contributed by atoms with Crippen molar-refractivity contribution in [3.05, 3.63) is 23.7 Å². The number of carbonyl (C=O) groups excluding carboxylic acids is 1. The molecule has 1 amide bonds. The third kappa shape index (κ3) is 6.46. The first-order valence-corrected chi connectivity index (χ1v) is 10.8. The van der Waals surface area contributed by atoms with E-state index in [4.69, 9.17) is 23.8 Å². The van der Waals surface area contributed by atoms with Crippen molar-refractivity contribution in [3.8, 4) is 0 Å². The monoisotopic (exact) mass is 462 g/mol. The van der Waals surface area contributed by atoms with Crippen molar-refractivity contribution in [1.82, 2.24) is 9.80 Å². The maximum Gasteiger partial charge on any atom is 0.490 e. The van der Waals surface area contributed by atoms with E-state index in [1.165, 1.54) is 0 Å². The molecule has 3 heterocycles. The second-order valence-electron chi connectivity index (χ2n) is 8.20. The van der Waals surface area contributed by atoms with Crippen LogP contribution in [0.4, 0.5) is 13.2 Å². The highest BCUT2D eigenvalue weighted by Gasteiger charge is 2.43. The number of fused-ring (bicyclic) bond motifs is 1. The molecule has 8 nitrogen and oxygen atoms in total. The molecule has 1 aromatic heterocycles. The topological polar surface area (TPSA) is 92.5 Å². The quantitative estimate of drug-likeness (QED) is 0.719. The molecular formula is C21H29F3N2O6. The average molecular weight is 462 g/mol. The van der Waals surface area contributed by atoms with Crippen LogP contribution in [0.15, 0.2) is 16.5 Å². The Morgan fingerprint density at radius 1 is 1.19 bits per heavy atom. The lowest BCUT2D eigenvalue weighted by Gasteiger charge is -2.38. The van der Waals surface area contributed by atoms with E-state index in [9.17, 15) is 18.0 Å². The number of likely N-dealkylation sites (tertiary alicyclic amines) is 1. The summed E-state index contributed by atoms with van der Waals surface area (Å²) in [6, 6.07) is 4.42. The fraction of sp³-hybridized carbons (Fsp3) is 0.714. The molecule has 0 spiro atoms. The Labute approximate surface area is 184 Å². The number of amides is 1. The molecule has 1 N–H and O–H groups in total. The first-order chi connectivity index (χ1) is 15.1. The summed E-state index contributed by atoms with van der Waals surface area (Å²) >= 11 is 0. The molecule has 32 heavy (non-hydrogen) atoms. The number of halogens is 3. The highest BCUT2D eigenvalue weighted by atomic mass is 19.4. The Hall–Kier alpha value is -2.11. The number of ether oxygens (including phenoxy) is 2. The van der Waals surface area contributed by atoms with Gasteiger partial charge in [0.15, 0.2) is 0 Å². The minimum atomic E-state index is -5.08. The fourth-order valence-electron chi connectivity index (χ4n) is 4.37. The van der Waals surface area contributed by atoms with Crippen LogP contribution in [0.1, 0.15) is 37.2 Å². The van der Waals surface area contributed by atoms with Gasteiger partial charge in [0.1, 0.15) is 18.1 Å². The number of aliphatic carboxylic acids is 1. The lowest BCUT2D eigenvalue weighted by Crippen LogP contribution is -2.51. The largest absolute Gasteiger partial charge is 0.490 e. The lowest BCUT2D eigenvalue weighted by atomic mass is 10.1. The number of carbonyl (C=O) groups is 2. The number of hydrogen-bond donors (Lipinski definition) is 1. The van der Waals surface area contributed by atoms with Crippen molar-refractivity contribution in [3.63, 3.8) is 0 Å². The zero-order valence-corrected chi connectivity index (χ0v) is 18.0. The third-order valence-corrected chi connectivity index (χ3v) is 5.93. The van der Waals surface area contributed by atoms with Gasteiger partial charge in [-0.05, 0) is 44.7 Å². The Morgan fingerprint density at radius 2 is 1.88 bits per heavy atom. The van der Waals surface area contributed by atoms with Gasteiger partial charge in [0.25, 0.3) is 0 Å². The van der Waals surface area contributed by atoms with Gasteiger partial charge < -0.3 is 23.9 Å². The number of rotatable bonds is 5. The number of carboxylic acid groups (broad SMARTS) is 1. The number of furan rings is 1. The zero-order valence-electron chi connectivity index (χ0n) is 18.0. The van der Waals surface area contributed by atoms with Crippen molar-refractivity contribution < 1.29 is 41.8 Å². The standard InChI is InChI=1S/C19H28N2O4.C2HF3O2/c1-14-4-5-15(25-14)12-21-10-11-23-19-16(21)6-7-17(19)24-13-18(22)20-8-2-3-9-20;3-2(4,5)1(6)7/h4-5,16-17,19H,2-3,6-13H2,1H3;(H,6,7)/t16-,17+,19+;/m0./s1. The minimum Gasteiger partial charge on any atom is -0.475 e. The SMILES string of the molecule is Cc1ccc(CN2CCO[C@H]3[C@H](OCC(=O)N4CCCC4)CC[C@@H]32)o1.O=C(O)C(F)(F)F. The molecule has 2 saturated heterocycles. The summed E-state index contributed by atoms with van der Waals surface area (Å²) in [6.07, 6.45) is -0.758. The van der Waals surface area contributed by atoms with E-state index in [0.29, 0.717) is 12.6 Å². The van der Waals surface area contributed by atoms with Crippen molar-refractivity contribution in [2.75, 3.05) is 32.8 Å². The Bertz CT molecular complexity index is 778. The highest BCUT2D eigenvalue weighted by Crippen LogP contribution is 2.33. The number of carboxylic acids is 1. The van der Waals surface area contributed by atoms with Gasteiger partial charge in [-0.1, -0.05) is 0 Å². The van der Waals surface area contributed by atoms with Gasteiger partial charge in [0.2, 0.25) is 5.91 Å². The van der Waals surface area contributed by atoms with Crippen LogP contribution in [-0.4, -0.2) is 84.1 Å². The van der Waals surface area contributed by atoms with E-state index in [1.807, 2.05) is 17.9 Å². The maximum atomic E-state index is 12.2. The average Bonchev–Trinajstić information content (AvgIpc) is 3.47. The fourth-order valence-corrected chi connectivity index (χ4v) is 4.37. The van der Waals surface area contributed by atoms with E-state index < -0.39 is 12.1 Å². The molecule has 4 rings (SSSR count). The van der Waals surface area contributed by atoms with Gasteiger partial charge in [0, 0.05) is 25.7 Å². The second-order valence-corrected chi connectivity index (χ2v) is 8.20. The van der Waals surface area contributed by atoms with Crippen molar-refractivity contribution in [2.24, 2.45) is 0 Å². The lowest BCUT2D eigenvalue weighted by molar-refractivity contribution is -0.192. The summed E-state index contributed by atoms with van der Waals surface area (Å²) in [6.45, 7) is 6.37. The first-order valence-electron chi connectivity index (χ1n) is 10.8. The molecule has 3 fully saturated rings. The van der Waals surface area contributed by atoms with Gasteiger partial charge in [-0.15, -0.1) is 0 Å². The van der Waals surface area contributed by atoms with E-state index >= 15 is 0 Å². The maximum absolute atomic E-state index is 12.2. The summed E-state index contributed by atoms with van der Waals surface area (Å²) in [7, 11) is 0. The van der Waals surface area contributed by atoms with Crippen LogP contribution in [0.5, 0.6) is 0 Å². The third-order valence-electron chi connectivity index (χ3n) is 5.93. The van der Waals surface area contributed by atoms with E-state index in [-0.39, 0.29) is 24.7 Å². The molecule has 3 atom stereocenters. The minimum absolute atomic E-state index is 0.0256. The molecule has 180 valence electrons. The molecule has 1 aliphatic carbocycles. The Kier molecular flexibility index (Phi) is 8.18. The van der Waals surface area contributed by atoms with Crippen molar-refractivity contribution in [1.29, 1.82) is 0 Å². The summed E-state index contributed by atoms with van der Waals surface area (Å²) in [5.74, 6) is -0.674. The molecule has 0 bridgehead atoms. The summed E-state index contributed by atoms with van der Waals surface area (Å²) < 4.78 is 49.5. The molecular weight excluding hydrogens is 433 g/mol. The van der Waals surface area contributed by atoms with Crippen LogP contribution in [0.25, 0.3) is 0 Å². The summed E-state index contributed by atoms with van der Waals surface area (Å²) in [5, 5.41) is 7.12. The molecule has 0 aromatic carbocycles. The molecule has 0 unspecified atom stereocenters. The van der Waals surface area contributed by atoms with E-state index in [1.54, 1.807) is 0 Å². The number of aryl methyl sites for hydroxylation is 1. The van der Waals surface area contributed by atoms with Gasteiger partial charge in [0.05, 0.1) is 25.4 Å². The molecule has 0 radical (unpaired) electrons. The predicted octanol–water partition coefficient (Wildman–Crippen LogP) is 2.59. The molecule has 11 heteroatoms. The van der Waals surface area contributed by atoms with Gasteiger partial charge in [-0.2, -0.15) is 13.2 Å². The molecule has 2 aliphatic heterocycles. The molecule has 1 saturated carbocycles. The van der Waals surface area contributed by atoms with Gasteiger partial charge >= 0.3 is 12.1 Å². The smallest absolute Gasteiger partial charge is 0.475 e. The zero-order chi connectivity index (χ0) is 23.3. The number of nitrogens with zero attached hydrogens (tertiary/aromatic N) is 2. The van der Waals surface area contributed by atoms with Crippen LogP contribution < -0.4 is 0 Å². The van der Waals surface area contributed by atoms with Crippen LogP contribution >= 0.6 is 0 Å². The van der Waals surface area contributed by atoms with E-state index in [2.05, 4.69) is 11.0 Å². The second kappa shape index (κ2) is 10.7. The van der Waals surface area contributed by atoms with Gasteiger partial charge in [-0.25, -0.2) is 4.79 Å². The Morgan fingerprint density at radius 3 is 2.47 bits per heavy atom. The number of alkyl halides is 3. The van der Waals surface area contributed by atoms with E-state index in [0.717, 1.165) is 63.4 Å². The predicted molar refractivity (Wildman–Crippen MR) is 106 cm³/mol. The van der Waals surface area contributed by atoms with Crippen LogP contribution in [0, 0.1) is 6.92 Å². The number of morpholine rings is 1. The highest BCUT2D eigenvalue weighted by molar-refractivity contribution is 5.77. The molecule has 3 aliphatic rings.